The van der Waals surface area contributed by atoms with Crippen molar-refractivity contribution in [2.24, 2.45) is 4.99 Å². The molecule has 0 amide bonds. The van der Waals surface area contributed by atoms with Crippen molar-refractivity contribution < 1.29 is 4.74 Å². The van der Waals surface area contributed by atoms with Crippen LogP contribution in [0.5, 0.6) is 5.75 Å². The number of para-hydroxylation sites is 1. The normalized spacial score (nSPS) is 20.5. The van der Waals surface area contributed by atoms with Gasteiger partial charge in [0.15, 0.2) is 5.17 Å². The van der Waals surface area contributed by atoms with Gasteiger partial charge in [-0.1, -0.05) is 30.0 Å². The number of benzene rings is 1. The van der Waals surface area contributed by atoms with E-state index in [-0.39, 0.29) is 5.54 Å². The minimum absolute atomic E-state index is 0.158. The van der Waals surface area contributed by atoms with Crippen LogP contribution >= 0.6 is 11.8 Å². The fraction of sp³-hybridized carbons (Fsp3) is 0.500. The molecule has 1 N–H and O–H groups in total. The van der Waals surface area contributed by atoms with Crippen molar-refractivity contribution >= 4 is 16.9 Å². The van der Waals surface area contributed by atoms with Gasteiger partial charge in [0.05, 0.1) is 13.7 Å². The summed E-state index contributed by atoms with van der Waals surface area (Å²) in [6, 6.07) is 8.03. The molecule has 2 rings (SSSR count). The maximum atomic E-state index is 5.33. The topological polar surface area (TPSA) is 33.6 Å². The lowest BCUT2D eigenvalue weighted by atomic mass is 10.0. The molecule has 1 fully saturated rings. The number of rotatable bonds is 3. The second-order valence-electron chi connectivity index (χ2n) is 5.04. The fourth-order valence-corrected chi connectivity index (χ4v) is 3.18. The standard InChI is InChI=1S/C14H20N2OS/c1-14(2)8-9-18-13(16-14)15-10-11-6-4-5-7-12(11)17-3/h4-7H,8-10H2,1-3H3,(H,15,16). The van der Waals surface area contributed by atoms with Crippen LogP contribution in [0.2, 0.25) is 0 Å². The Labute approximate surface area is 113 Å². The van der Waals surface area contributed by atoms with Gasteiger partial charge in [0, 0.05) is 16.9 Å². The number of methoxy groups -OCH3 is 1. The summed E-state index contributed by atoms with van der Waals surface area (Å²) in [5.41, 5.74) is 1.28. The average molecular weight is 264 g/mol. The van der Waals surface area contributed by atoms with Gasteiger partial charge in [-0.2, -0.15) is 0 Å². The Morgan fingerprint density at radius 1 is 1.39 bits per heavy atom. The van der Waals surface area contributed by atoms with Crippen molar-refractivity contribution in [1.82, 2.24) is 5.32 Å². The molecule has 0 atom stereocenters. The number of hydrogen-bond acceptors (Lipinski definition) is 3. The number of ether oxygens (including phenoxy) is 1. The highest BCUT2D eigenvalue weighted by Gasteiger charge is 2.23. The maximum absolute atomic E-state index is 5.33. The smallest absolute Gasteiger partial charge is 0.157 e. The molecule has 0 unspecified atom stereocenters. The molecule has 0 aromatic heterocycles. The summed E-state index contributed by atoms with van der Waals surface area (Å²) in [5, 5.41) is 4.51. The summed E-state index contributed by atoms with van der Waals surface area (Å²) >= 11 is 1.80. The lowest BCUT2D eigenvalue weighted by Crippen LogP contribution is -2.46. The molecule has 4 heteroatoms. The van der Waals surface area contributed by atoms with E-state index in [0.717, 1.165) is 22.2 Å². The van der Waals surface area contributed by atoms with Gasteiger partial charge in [0.1, 0.15) is 5.75 Å². The van der Waals surface area contributed by atoms with Crippen molar-refractivity contribution in [2.75, 3.05) is 12.9 Å². The molecule has 18 heavy (non-hydrogen) atoms. The Kier molecular flexibility index (Phi) is 4.17. The average Bonchev–Trinajstić information content (AvgIpc) is 2.35. The largest absolute Gasteiger partial charge is 0.496 e. The Morgan fingerprint density at radius 2 is 2.17 bits per heavy atom. The van der Waals surface area contributed by atoms with E-state index in [1.807, 2.05) is 18.2 Å². The van der Waals surface area contributed by atoms with Gasteiger partial charge < -0.3 is 10.1 Å². The van der Waals surface area contributed by atoms with Crippen LogP contribution in [-0.2, 0) is 6.54 Å². The SMILES string of the molecule is COc1ccccc1CN=C1NC(C)(C)CCS1. The van der Waals surface area contributed by atoms with E-state index in [1.165, 1.54) is 6.42 Å². The van der Waals surface area contributed by atoms with Crippen LogP contribution in [0.15, 0.2) is 29.3 Å². The number of nitrogens with zero attached hydrogens (tertiary/aromatic N) is 1. The molecule has 1 aliphatic heterocycles. The molecule has 3 nitrogen and oxygen atoms in total. The molecule has 1 aromatic carbocycles. The Bertz CT molecular complexity index is 443. The van der Waals surface area contributed by atoms with Crippen LogP contribution < -0.4 is 10.1 Å². The van der Waals surface area contributed by atoms with Gasteiger partial charge in [-0.15, -0.1) is 0 Å². The van der Waals surface area contributed by atoms with Gasteiger partial charge >= 0.3 is 0 Å². The van der Waals surface area contributed by atoms with Gasteiger partial charge in [-0.3, -0.25) is 4.99 Å². The molecular formula is C14H20N2OS. The van der Waals surface area contributed by atoms with Crippen LogP contribution in [-0.4, -0.2) is 23.6 Å². The predicted octanol–water partition coefficient (Wildman–Crippen LogP) is 3.06. The number of nitrogens with one attached hydrogen (secondary N) is 1. The number of amidine groups is 1. The molecule has 1 saturated heterocycles. The molecule has 0 bridgehead atoms. The molecule has 0 radical (unpaired) electrons. The van der Waals surface area contributed by atoms with E-state index in [9.17, 15) is 0 Å². The zero-order valence-corrected chi connectivity index (χ0v) is 12.0. The first-order chi connectivity index (χ1) is 8.61. The first-order valence-corrected chi connectivity index (χ1v) is 7.17. The number of thioether (sulfide) groups is 1. The summed E-state index contributed by atoms with van der Waals surface area (Å²) < 4.78 is 5.33. The fourth-order valence-electron chi connectivity index (χ4n) is 1.87. The molecule has 0 aliphatic carbocycles. The lowest BCUT2D eigenvalue weighted by molar-refractivity contribution is 0.409. The van der Waals surface area contributed by atoms with Gasteiger partial charge in [-0.25, -0.2) is 0 Å². The second-order valence-corrected chi connectivity index (χ2v) is 6.12. The minimum atomic E-state index is 0.158. The zero-order chi connectivity index (χ0) is 13.0. The van der Waals surface area contributed by atoms with Crippen LogP contribution in [0.1, 0.15) is 25.8 Å². The first-order valence-electron chi connectivity index (χ1n) is 6.18. The van der Waals surface area contributed by atoms with Crippen LogP contribution in [0.4, 0.5) is 0 Å². The van der Waals surface area contributed by atoms with E-state index >= 15 is 0 Å². The predicted molar refractivity (Wildman–Crippen MR) is 78.4 cm³/mol. The molecule has 1 heterocycles. The van der Waals surface area contributed by atoms with Crippen molar-refractivity contribution in [1.29, 1.82) is 0 Å². The van der Waals surface area contributed by atoms with Crippen LogP contribution in [0, 0.1) is 0 Å². The van der Waals surface area contributed by atoms with Gasteiger partial charge in [0.2, 0.25) is 0 Å². The van der Waals surface area contributed by atoms with Gasteiger partial charge in [-0.05, 0) is 26.3 Å². The van der Waals surface area contributed by atoms with Crippen LogP contribution in [0.3, 0.4) is 0 Å². The van der Waals surface area contributed by atoms with Crippen molar-refractivity contribution in [3.63, 3.8) is 0 Å². The second kappa shape index (κ2) is 5.65. The summed E-state index contributed by atoms with van der Waals surface area (Å²) in [4.78, 5) is 4.65. The minimum Gasteiger partial charge on any atom is -0.496 e. The molecule has 1 aliphatic rings. The van der Waals surface area contributed by atoms with E-state index < -0.39 is 0 Å². The summed E-state index contributed by atoms with van der Waals surface area (Å²) in [5.74, 6) is 2.03. The van der Waals surface area contributed by atoms with Crippen molar-refractivity contribution in [2.45, 2.75) is 32.4 Å². The highest BCUT2D eigenvalue weighted by Crippen LogP contribution is 2.23. The molecule has 0 saturated carbocycles. The number of aliphatic imine (C=N–C) groups is 1. The summed E-state index contributed by atoms with van der Waals surface area (Å²) in [7, 11) is 1.70. The maximum Gasteiger partial charge on any atom is 0.157 e. The summed E-state index contributed by atoms with van der Waals surface area (Å²) in [6.07, 6.45) is 1.17. The molecular weight excluding hydrogens is 244 g/mol. The lowest BCUT2D eigenvalue weighted by Gasteiger charge is -2.32. The third-order valence-electron chi connectivity index (χ3n) is 3.00. The van der Waals surface area contributed by atoms with E-state index in [0.29, 0.717) is 6.54 Å². The van der Waals surface area contributed by atoms with Crippen LogP contribution in [0.25, 0.3) is 0 Å². The quantitative estimate of drug-likeness (QED) is 0.911. The number of hydrogen-bond donors (Lipinski definition) is 1. The Morgan fingerprint density at radius 3 is 2.89 bits per heavy atom. The van der Waals surface area contributed by atoms with E-state index in [1.54, 1.807) is 18.9 Å². The van der Waals surface area contributed by atoms with Crippen molar-refractivity contribution in [3.05, 3.63) is 29.8 Å². The van der Waals surface area contributed by atoms with Gasteiger partial charge in [0.25, 0.3) is 0 Å². The summed E-state index contributed by atoms with van der Waals surface area (Å²) in [6.45, 7) is 5.09. The van der Waals surface area contributed by atoms with E-state index in [2.05, 4.69) is 30.2 Å². The Balaban J connectivity index is 2.06. The van der Waals surface area contributed by atoms with E-state index in [4.69, 9.17) is 4.74 Å². The first kappa shape index (κ1) is 13.3. The highest BCUT2D eigenvalue weighted by molar-refractivity contribution is 8.13. The van der Waals surface area contributed by atoms with Crippen molar-refractivity contribution in [3.8, 4) is 5.75 Å². The third kappa shape index (κ3) is 3.42. The molecule has 0 spiro atoms. The highest BCUT2D eigenvalue weighted by atomic mass is 32.2. The molecule has 98 valence electrons. The third-order valence-corrected chi connectivity index (χ3v) is 3.91. The molecule has 1 aromatic rings. The zero-order valence-electron chi connectivity index (χ0n) is 11.2. The monoisotopic (exact) mass is 264 g/mol. The Hall–Kier alpha value is -1.16.